The Bertz CT molecular complexity index is 579. The molecule has 1 aliphatic rings. The Morgan fingerprint density at radius 2 is 2.00 bits per heavy atom. The first kappa shape index (κ1) is 12.9. The predicted molar refractivity (Wildman–Crippen MR) is 83.2 cm³/mol. The molecule has 0 bridgehead atoms. The van der Waals surface area contributed by atoms with Crippen LogP contribution in [0.4, 0.5) is 0 Å². The fraction of sp³-hybridized carbons (Fsp3) is 0.294. The quantitative estimate of drug-likeness (QED) is 0.859. The van der Waals surface area contributed by atoms with Gasteiger partial charge < -0.3 is 5.32 Å². The number of hydrogen-bond donors (Lipinski definition) is 1. The lowest BCUT2D eigenvalue weighted by Gasteiger charge is -2.21. The van der Waals surface area contributed by atoms with Crippen LogP contribution in [0.1, 0.15) is 42.1 Å². The van der Waals surface area contributed by atoms with Gasteiger partial charge in [0.25, 0.3) is 0 Å². The van der Waals surface area contributed by atoms with Crippen molar-refractivity contribution in [3.8, 4) is 0 Å². The molecule has 0 saturated heterocycles. The van der Waals surface area contributed by atoms with Crippen LogP contribution in [0, 0.1) is 0 Å². The maximum Gasteiger partial charge on any atom is 0.0331 e. The van der Waals surface area contributed by atoms with Gasteiger partial charge in [-0.15, -0.1) is 0 Å². The lowest BCUT2D eigenvalue weighted by Crippen LogP contribution is -2.22. The number of nitrogens with one attached hydrogen (secondary N) is 1. The van der Waals surface area contributed by atoms with Gasteiger partial charge in [-0.1, -0.05) is 52.3 Å². The molecule has 0 saturated carbocycles. The molecule has 3 rings (SSSR count). The van der Waals surface area contributed by atoms with Crippen molar-refractivity contribution in [3.05, 3.63) is 69.7 Å². The zero-order valence-corrected chi connectivity index (χ0v) is 12.7. The summed E-state index contributed by atoms with van der Waals surface area (Å²) in [7, 11) is 0. The zero-order valence-electron chi connectivity index (χ0n) is 11.1. The van der Waals surface area contributed by atoms with Crippen LogP contribution >= 0.6 is 15.9 Å². The SMILES string of the molecule is C[C@@H](NC1CCc2ccccc21)c1cccc(Br)c1. The van der Waals surface area contributed by atoms with Gasteiger partial charge in [-0.2, -0.15) is 0 Å². The van der Waals surface area contributed by atoms with Crippen LogP contribution in [0.25, 0.3) is 0 Å². The third-order valence-corrected chi connectivity index (χ3v) is 4.43. The molecule has 2 aromatic rings. The minimum atomic E-state index is 0.369. The van der Waals surface area contributed by atoms with Gasteiger partial charge in [0.1, 0.15) is 0 Å². The highest BCUT2D eigenvalue weighted by Crippen LogP contribution is 2.33. The molecule has 0 spiro atoms. The topological polar surface area (TPSA) is 12.0 Å². The molecule has 0 aliphatic heterocycles. The van der Waals surface area contributed by atoms with Gasteiger partial charge in [-0.05, 0) is 48.6 Å². The first-order valence-electron chi connectivity index (χ1n) is 6.83. The maximum atomic E-state index is 3.76. The van der Waals surface area contributed by atoms with Crippen molar-refractivity contribution in [1.82, 2.24) is 5.32 Å². The number of halogens is 1. The zero-order chi connectivity index (χ0) is 13.2. The van der Waals surface area contributed by atoms with Crippen molar-refractivity contribution in [3.63, 3.8) is 0 Å². The van der Waals surface area contributed by atoms with Crippen LogP contribution in [-0.4, -0.2) is 0 Å². The van der Waals surface area contributed by atoms with Gasteiger partial charge in [0.15, 0.2) is 0 Å². The first-order valence-corrected chi connectivity index (χ1v) is 7.62. The van der Waals surface area contributed by atoms with Gasteiger partial charge in [-0.25, -0.2) is 0 Å². The molecule has 2 atom stereocenters. The highest BCUT2D eigenvalue weighted by atomic mass is 79.9. The van der Waals surface area contributed by atoms with Crippen molar-refractivity contribution in [2.75, 3.05) is 0 Å². The molecular weight excluding hydrogens is 298 g/mol. The third-order valence-electron chi connectivity index (χ3n) is 3.93. The number of fused-ring (bicyclic) bond motifs is 1. The van der Waals surface area contributed by atoms with E-state index in [0.29, 0.717) is 12.1 Å². The third kappa shape index (κ3) is 2.75. The Morgan fingerprint density at radius 1 is 1.16 bits per heavy atom. The number of aryl methyl sites for hydroxylation is 1. The summed E-state index contributed by atoms with van der Waals surface area (Å²) in [4.78, 5) is 0. The molecule has 2 aromatic carbocycles. The van der Waals surface area contributed by atoms with Crippen molar-refractivity contribution in [1.29, 1.82) is 0 Å². The Hall–Kier alpha value is -1.12. The van der Waals surface area contributed by atoms with Gasteiger partial charge >= 0.3 is 0 Å². The van der Waals surface area contributed by atoms with E-state index in [1.165, 1.54) is 29.5 Å². The van der Waals surface area contributed by atoms with E-state index in [-0.39, 0.29) is 0 Å². The molecule has 1 aliphatic carbocycles. The molecular formula is C17H18BrN. The fourth-order valence-corrected chi connectivity index (χ4v) is 3.32. The Kier molecular flexibility index (Phi) is 3.72. The molecule has 0 fully saturated rings. The van der Waals surface area contributed by atoms with Gasteiger partial charge in [0.2, 0.25) is 0 Å². The van der Waals surface area contributed by atoms with E-state index in [1.807, 2.05) is 0 Å². The second kappa shape index (κ2) is 5.48. The first-order chi connectivity index (χ1) is 9.24. The van der Waals surface area contributed by atoms with E-state index >= 15 is 0 Å². The van der Waals surface area contributed by atoms with Crippen LogP contribution in [0.2, 0.25) is 0 Å². The minimum Gasteiger partial charge on any atom is -0.303 e. The van der Waals surface area contributed by atoms with E-state index in [4.69, 9.17) is 0 Å². The molecule has 1 N–H and O–H groups in total. The van der Waals surface area contributed by atoms with Crippen LogP contribution in [0.3, 0.4) is 0 Å². The molecule has 1 unspecified atom stereocenters. The number of benzene rings is 2. The van der Waals surface area contributed by atoms with Gasteiger partial charge in [0, 0.05) is 16.6 Å². The number of rotatable bonds is 3. The molecule has 98 valence electrons. The number of hydrogen-bond acceptors (Lipinski definition) is 1. The largest absolute Gasteiger partial charge is 0.303 e. The van der Waals surface area contributed by atoms with E-state index in [1.54, 1.807) is 0 Å². The molecule has 0 amide bonds. The summed E-state index contributed by atoms with van der Waals surface area (Å²) >= 11 is 3.54. The molecule has 19 heavy (non-hydrogen) atoms. The molecule has 0 aromatic heterocycles. The van der Waals surface area contributed by atoms with E-state index < -0.39 is 0 Å². The van der Waals surface area contributed by atoms with E-state index in [2.05, 4.69) is 76.7 Å². The fourth-order valence-electron chi connectivity index (χ4n) is 2.90. The van der Waals surface area contributed by atoms with Crippen molar-refractivity contribution in [2.24, 2.45) is 0 Å². The lowest BCUT2D eigenvalue weighted by atomic mass is 10.0. The average molecular weight is 316 g/mol. The standard InChI is InChI=1S/C17H18BrN/c1-12(14-6-4-7-15(18)11-14)19-17-10-9-13-5-2-3-8-16(13)17/h2-8,11-12,17,19H,9-10H2,1H3/t12-,17?/m1/s1. The molecule has 0 radical (unpaired) electrons. The maximum absolute atomic E-state index is 3.76. The van der Waals surface area contributed by atoms with Crippen molar-refractivity contribution >= 4 is 15.9 Å². The second-order valence-corrected chi connectivity index (χ2v) is 6.15. The van der Waals surface area contributed by atoms with Crippen LogP contribution in [0.15, 0.2) is 53.0 Å². The summed E-state index contributed by atoms with van der Waals surface area (Å²) in [6.07, 6.45) is 2.40. The monoisotopic (exact) mass is 315 g/mol. The summed E-state index contributed by atoms with van der Waals surface area (Å²) < 4.78 is 1.14. The van der Waals surface area contributed by atoms with Crippen LogP contribution in [0.5, 0.6) is 0 Å². The summed E-state index contributed by atoms with van der Waals surface area (Å²) in [6, 6.07) is 18.2. The Morgan fingerprint density at radius 3 is 2.84 bits per heavy atom. The summed E-state index contributed by atoms with van der Waals surface area (Å²) in [5.74, 6) is 0. The Labute approximate surface area is 123 Å². The van der Waals surface area contributed by atoms with E-state index in [0.717, 1.165) is 4.47 Å². The summed E-state index contributed by atoms with van der Waals surface area (Å²) in [5, 5.41) is 3.76. The highest BCUT2D eigenvalue weighted by Gasteiger charge is 2.23. The highest BCUT2D eigenvalue weighted by molar-refractivity contribution is 9.10. The van der Waals surface area contributed by atoms with Gasteiger partial charge in [0.05, 0.1) is 0 Å². The lowest BCUT2D eigenvalue weighted by molar-refractivity contribution is 0.465. The van der Waals surface area contributed by atoms with Crippen molar-refractivity contribution in [2.45, 2.75) is 31.8 Å². The van der Waals surface area contributed by atoms with E-state index in [9.17, 15) is 0 Å². The predicted octanol–water partition coefficient (Wildman–Crippen LogP) is 4.79. The minimum absolute atomic E-state index is 0.369. The second-order valence-electron chi connectivity index (χ2n) is 5.23. The van der Waals surface area contributed by atoms with Gasteiger partial charge in [-0.3, -0.25) is 0 Å². The molecule has 0 heterocycles. The van der Waals surface area contributed by atoms with Crippen LogP contribution in [-0.2, 0) is 6.42 Å². The smallest absolute Gasteiger partial charge is 0.0331 e. The molecule has 2 heteroatoms. The van der Waals surface area contributed by atoms with Crippen LogP contribution < -0.4 is 5.32 Å². The summed E-state index contributed by atoms with van der Waals surface area (Å²) in [6.45, 7) is 2.24. The normalized spacial score (nSPS) is 19.2. The Balaban J connectivity index is 1.76. The summed E-state index contributed by atoms with van der Waals surface area (Å²) in [5.41, 5.74) is 4.31. The molecule has 1 nitrogen and oxygen atoms in total. The van der Waals surface area contributed by atoms with Crippen molar-refractivity contribution < 1.29 is 0 Å². The average Bonchev–Trinajstić information content (AvgIpc) is 2.82.